The zero-order valence-electron chi connectivity index (χ0n) is 16.5. The number of hydrogen-bond donors (Lipinski definition) is 3. The van der Waals surface area contributed by atoms with Gasteiger partial charge in [-0.3, -0.25) is 20.1 Å². The number of amides is 3. The van der Waals surface area contributed by atoms with Gasteiger partial charge in [0, 0.05) is 50.2 Å². The molecule has 3 amide bonds. The summed E-state index contributed by atoms with van der Waals surface area (Å²) in [5.41, 5.74) is 0.766. The first-order valence-electron chi connectivity index (χ1n) is 9.59. The summed E-state index contributed by atoms with van der Waals surface area (Å²) in [6.07, 6.45) is -0.305. The molecule has 164 valence electrons. The van der Waals surface area contributed by atoms with Crippen LogP contribution in [0.5, 0.6) is 0 Å². The molecule has 4 rings (SSSR count). The molecule has 0 spiro atoms. The third kappa shape index (κ3) is 4.53. The number of nitrogens with one attached hydrogen (secondary N) is 3. The fraction of sp³-hybridized carbons (Fsp3) is 0.368. The van der Waals surface area contributed by atoms with E-state index in [1.165, 1.54) is 12.1 Å². The van der Waals surface area contributed by atoms with Crippen molar-refractivity contribution >= 4 is 23.8 Å². The molecule has 0 aromatic carbocycles. The van der Waals surface area contributed by atoms with Crippen molar-refractivity contribution in [3.8, 4) is 0 Å². The zero-order chi connectivity index (χ0) is 22.2. The van der Waals surface area contributed by atoms with Crippen LogP contribution in [-0.2, 0) is 17.5 Å². The van der Waals surface area contributed by atoms with Crippen LogP contribution in [0.25, 0.3) is 6.08 Å². The minimum Gasteiger partial charge on any atom is -0.351 e. The number of anilines is 1. The molecule has 0 saturated carbocycles. The number of H-pyrrole nitrogens is 1. The lowest BCUT2D eigenvalue weighted by Gasteiger charge is -2.40. The normalized spacial score (nSPS) is 21.5. The summed E-state index contributed by atoms with van der Waals surface area (Å²) in [6, 6.07) is 1.91. The highest BCUT2D eigenvalue weighted by Gasteiger charge is 2.32. The Morgan fingerprint density at radius 1 is 1.23 bits per heavy atom. The number of piperazine rings is 1. The van der Waals surface area contributed by atoms with Gasteiger partial charge >= 0.3 is 12.2 Å². The molecule has 2 aromatic rings. The molecule has 4 heterocycles. The molecule has 0 bridgehead atoms. The Morgan fingerprint density at radius 2 is 2.03 bits per heavy atom. The first-order chi connectivity index (χ1) is 14.7. The zero-order valence-corrected chi connectivity index (χ0v) is 16.5. The third-order valence-corrected chi connectivity index (χ3v) is 5.23. The average molecular weight is 435 g/mol. The topological polar surface area (TPSA) is 106 Å². The summed E-state index contributed by atoms with van der Waals surface area (Å²) >= 11 is 0. The maximum Gasteiger partial charge on any atom is 0.417 e. The molecule has 0 radical (unpaired) electrons. The van der Waals surface area contributed by atoms with Crippen molar-refractivity contribution in [2.24, 2.45) is 0 Å². The van der Waals surface area contributed by atoms with E-state index in [2.05, 4.69) is 30.7 Å². The number of pyridine rings is 1. The number of alkyl halides is 3. The highest BCUT2D eigenvalue weighted by Crippen LogP contribution is 2.30. The molecule has 31 heavy (non-hydrogen) atoms. The number of aromatic nitrogens is 3. The molecule has 2 aliphatic rings. The van der Waals surface area contributed by atoms with E-state index in [0.29, 0.717) is 37.7 Å². The van der Waals surface area contributed by atoms with Gasteiger partial charge in [-0.1, -0.05) is 0 Å². The van der Waals surface area contributed by atoms with Crippen LogP contribution in [0.4, 0.5) is 23.8 Å². The Labute approximate surface area is 175 Å². The number of hydrogen-bond acceptors (Lipinski definition) is 6. The molecule has 0 aliphatic carbocycles. The Hall–Kier alpha value is -3.41. The third-order valence-electron chi connectivity index (χ3n) is 5.23. The van der Waals surface area contributed by atoms with Crippen LogP contribution in [0, 0.1) is 0 Å². The van der Waals surface area contributed by atoms with Crippen molar-refractivity contribution in [3.05, 3.63) is 47.0 Å². The second kappa shape index (κ2) is 8.02. The van der Waals surface area contributed by atoms with E-state index < -0.39 is 23.7 Å². The Balaban J connectivity index is 1.40. The number of urea groups is 1. The number of nitrogens with zero attached hydrogens (tertiary/aromatic N) is 4. The smallest absolute Gasteiger partial charge is 0.351 e. The van der Waals surface area contributed by atoms with Crippen LogP contribution in [0.1, 0.15) is 23.7 Å². The van der Waals surface area contributed by atoms with E-state index >= 15 is 0 Å². The average Bonchev–Trinajstić information content (AvgIpc) is 3.27. The quantitative estimate of drug-likeness (QED) is 0.499. The Morgan fingerprint density at radius 3 is 2.65 bits per heavy atom. The largest absolute Gasteiger partial charge is 0.417 e. The number of carbonyl (C=O) groups excluding carboxylic acids is 2. The van der Waals surface area contributed by atoms with Crippen molar-refractivity contribution < 1.29 is 22.8 Å². The highest BCUT2D eigenvalue weighted by atomic mass is 19.4. The van der Waals surface area contributed by atoms with Crippen LogP contribution in [0.3, 0.4) is 0 Å². The Bertz CT molecular complexity index is 1020. The van der Waals surface area contributed by atoms with E-state index in [1.807, 2.05) is 11.8 Å². The minimum absolute atomic E-state index is 0.0339. The van der Waals surface area contributed by atoms with Gasteiger partial charge in [-0.05, 0) is 25.1 Å². The second-order valence-electron chi connectivity index (χ2n) is 7.44. The summed E-state index contributed by atoms with van der Waals surface area (Å²) in [5.74, 6) is 0.00194. The first kappa shape index (κ1) is 20.8. The molecule has 1 unspecified atom stereocenters. The maximum atomic E-state index is 12.8. The summed E-state index contributed by atoms with van der Waals surface area (Å²) in [4.78, 5) is 31.1. The van der Waals surface area contributed by atoms with Gasteiger partial charge in [0.15, 0.2) is 0 Å². The van der Waals surface area contributed by atoms with Crippen molar-refractivity contribution in [2.75, 3.05) is 24.5 Å². The van der Waals surface area contributed by atoms with Gasteiger partial charge in [-0.15, -0.1) is 0 Å². The number of aromatic amines is 1. The lowest BCUT2D eigenvalue weighted by atomic mass is 10.1. The van der Waals surface area contributed by atoms with Crippen LogP contribution in [0.2, 0.25) is 0 Å². The van der Waals surface area contributed by atoms with Crippen molar-refractivity contribution in [1.82, 2.24) is 30.7 Å². The molecular formula is C19H20F3N7O2. The second-order valence-corrected chi connectivity index (χ2v) is 7.44. The molecule has 2 fully saturated rings. The van der Waals surface area contributed by atoms with Crippen LogP contribution in [-0.4, -0.2) is 57.7 Å². The van der Waals surface area contributed by atoms with Gasteiger partial charge in [-0.25, -0.2) is 9.78 Å². The van der Waals surface area contributed by atoms with Crippen LogP contribution in [0.15, 0.2) is 30.2 Å². The SMILES string of the molecule is CC1CN(Cc2c[nH]nc2/C=C2/NC(=O)NC2=O)CCN1c1ccc(C(F)(F)F)cn1. The predicted octanol–water partition coefficient (Wildman–Crippen LogP) is 1.71. The number of rotatable bonds is 4. The van der Waals surface area contributed by atoms with Gasteiger partial charge < -0.3 is 10.2 Å². The summed E-state index contributed by atoms with van der Waals surface area (Å²) in [7, 11) is 0. The van der Waals surface area contributed by atoms with Crippen molar-refractivity contribution in [1.29, 1.82) is 0 Å². The lowest BCUT2D eigenvalue weighted by molar-refractivity contribution is -0.137. The molecule has 9 nitrogen and oxygen atoms in total. The highest BCUT2D eigenvalue weighted by molar-refractivity contribution is 6.13. The van der Waals surface area contributed by atoms with E-state index in [-0.39, 0.29) is 11.7 Å². The lowest BCUT2D eigenvalue weighted by Crippen LogP contribution is -2.51. The monoisotopic (exact) mass is 435 g/mol. The fourth-order valence-electron chi connectivity index (χ4n) is 3.68. The minimum atomic E-state index is -4.41. The summed E-state index contributed by atoms with van der Waals surface area (Å²) in [6.45, 7) is 4.49. The maximum absolute atomic E-state index is 12.8. The van der Waals surface area contributed by atoms with Crippen LogP contribution >= 0.6 is 0 Å². The Kier molecular flexibility index (Phi) is 5.39. The standard InChI is InChI=1S/C19H20F3N7O2/c1-11-9-28(4-5-29(11)16-3-2-13(8-23-16)19(20,21)22)10-12-7-24-27-14(12)6-15-17(30)26-18(31)25-15/h2-3,6-8,11H,4-5,9-10H2,1H3,(H,24,27)(H2,25,26,30,31)/b15-6+. The number of imide groups is 1. The molecular weight excluding hydrogens is 415 g/mol. The van der Waals surface area contributed by atoms with Gasteiger partial charge in [0.1, 0.15) is 11.5 Å². The number of carbonyl (C=O) groups is 2. The molecule has 2 saturated heterocycles. The van der Waals surface area contributed by atoms with Crippen LogP contribution < -0.4 is 15.5 Å². The summed E-state index contributed by atoms with van der Waals surface area (Å²) < 4.78 is 38.3. The first-order valence-corrected chi connectivity index (χ1v) is 9.59. The van der Waals surface area contributed by atoms with Gasteiger partial charge in [0.05, 0.1) is 11.3 Å². The summed E-state index contributed by atoms with van der Waals surface area (Å²) in [5, 5.41) is 11.5. The molecule has 1 atom stereocenters. The predicted molar refractivity (Wildman–Crippen MR) is 105 cm³/mol. The molecule has 2 aromatic heterocycles. The van der Waals surface area contributed by atoms with Crippen molar-refractivity contribution in [3.63, 3.8) is 0 Å². The van der Waals surface area contributed by atoms with Crippen molar-refractivity contribution in [2.45, 2.75) is 25.7 Å². The van der Waals surface area contributed by atoms with E-state index in [0.717, 1.165) is 17.8 Å². The fourth-order valence-corrected chi connectivity index (χ4v) is 3.68. The van der Waals surface area contributed by atoms with Gasteiger partial charge in [0.2, 0.25) is 0 Å². The molecule has 3 N–H and O–H groups in total. The number of halogens is 3. The van der Waals surface area contributed by atoms with E-state index in [4.69, 9.17) is 0 Å². The van der Waals surface area contributed by atoms with Gasteiger partial charge in [0.25, 0.3) is 5.91 Å². The van der Waals surface area contributed by atoms with E-state index in [9.17, 15) is 22.8 Å². The van der Waals surface area contributed by atoms with Gasteiger partial charge in [-0.2, -0.15) is 18.3 Å². The molecule has 12 heteroatoms. The molecule has 2 aliphatic heterocycles. The van der Waals surface area contributed by atoms with E-state index in [1.54, 1.807) is 6.20 Å².